The van der Waals surface area contributed by atoms with Gasteiger partial charge in [-0.15, -0.1) is 0 Å². The Morgan fingerprint density at radius 1 is 0.238 bits per heavy atom. The van der Waals surface area contributed by atoms with Crippen LogP contribution in [0.3, 0.4) is 0 Å². The van der Waals surface area contributed by atoms with Crippen LogP contribution < -0.4 is 9.80 Å². The summed E-state index contributed by atoms with van der Waals surface area (Å²) < 4.78 is 0. The van der Waals surface area contributed by atoms with E-state index in [4.69, 9.17) is 0 Å². The summed E-state index contributed by atoms with van der Waals surface area (Å²) in [5.41, 5.74) is 24.3. The van der Waals surface area contributed by atoms with E-state index in [1.807, 2.05) is 0 Å². The van der Waals surface area contributed by atoms with Crippen molar-refractivity contribution in [2.24, 2.45) is 0 Å². The van der Waals surface area contributed by atoms with Crippen molar-refractivity contribution in [3.8, 4) is 55.6 Å². The number of benzene rings is 14. The van der Waals surface area contributed by atoms with Crippen LogP contribution in [0.2, 0.25) is 0 Å². The van der Waals surface area contributed by atoms with E-state index >= 15 is 0 Å². The molecule has 2 nitrogen and oxygen atoms in total. The summed E-state index contributed by atoms with van der Waals surface area (Å²) in [6.45, 7) is 9.72. The topological polar surface area (TPSA) is 6.48 Å². The van der Waals surface area contributed by atoms with E-state index in [9.17, 15) is 0 Å². The molecule has 0 saturated heterocycles. The fourth-order valence-corrected chi connectivity index (χ4v) is 14.5. The van der Waals surface area contributed by atoms with E-state index in [2.05, 4.69) is 329 Å². The molecule has 0 heterocycles. The van der Waals surface area contributed by atoms with Crippen molar-refractivity contribution in [3.63, 3.8) is 0 Å². The number of fused-ring (bicyclic) bond motifs is 11. The maximum atomic E-state index is 2.57. The largest absolute Gasteiger partial charge is 0.310 e. The van der Waals surface area contributed by atoms with Crippen molar-refractivity contribution in [2.75, 3.05) is 9.80 Å². The number of nitrogens with zero attached hydrogens (tertiary/aromatic N) is 2. The SMILES string of the molecule is CC1(C)c2cc(N(c3ccccc3)c3ccccc3)ccc2-c2cc3c(cc21)-c1c(cc(N(c2ccccc2)c2cccc(-c4ccc(-c5cccc6ccccc56)c5c(-c6cccc7ccccc67)cccc45)c2)c2ccccc12)C3(C)C. The minimum atomic E-state index is -0.306. The van der Waals surface area contributed by atoms with Gasteiger partial charge in [0.05, 0.1) is 5.69 Å². The normalized spacial score (nSPS) is 13.4. The Morgan fingerprint density at radius 3 is 1.32 bits per heavy atom. The van der Waals surface area contributed by atoms with E-state index in [-0.39, 0.29) is 10.8 Å². The zero-order chi connectivity index (χ0) is 56.3. The highest BCUT2D eigenvalue weighted by atomic mass is 15.1. The van der Waals surface area contributed by atoms with Crippen LogP contribution in [0.1, 0.15) is 49.9 Å². The van der Waals surface area contributed by atoms with Crippen molar-refractivity contribution in [1.29, 1.82) is 0 Å². The first-order valence-electron chi connectivity index (χ1n) is 29.5. The highest BCUT2D eigenvalue weighted by Crippen LogP contribution is 2.60. The Bertz CT molecular complexity index is 4820. The first-order chi connectivity index (χ1) is 41.2. The molecule has 0 aromatic heterocycles. The lowest BCUT2D eigenvalue weighted by atomic mass is 9.79. The second-order valence-electron chi connectivity index (χ2n) is 24.0. The number of para-hydroxylation sites is 3. The zero-order valence-electron chi connectivity index (χ0n) is 47.6. The molecule has 0 bridgehead atoms. The Labute approximate surface area is 491 Å². The molecule has 0 fully saturated rings. The van der Waals surface area contributed by atoms with Gasteiger partial charge in [-0.05, 0) is 194 Å². The van der Waals surface area contributed by atoms with Crippen molar-refractivity contribution < 1.29 is 0 Å². The summed E-state index contributed by atoms with van der Waals surface area (Å²) in [5.74, 6) is 0. The van der Waals surface area contributed by atoms with Gasteiger partial charge < -0.3 is 9.80 Å². The van der Waals surface area contributed by atoms with Crippen molar-refractivity contribution in [1.82, 2.24) is 0 Å². The summed E-state index contributed by atoms with van der Waals surface area (Å²) in [6.07, 6.45) is 0. The molecule has 0 spiro atoms. The quantitative estimate of drug-likeness (QED) is 0.142. The third kappa shape index (κ3) is 7.64. The molecule has 0 saturated carbocycles. The van der Waals surface area contributed by atoms with E-state index in [1.54, 1.807) is 0 Å². The Balaban J connectivity index is 0.850. The minimum Gasteiger partial charge on any atom is -0.310 e. The summed E-state index contributed by atoms with van der Waals surface area (Å²) in [7, 11) is 0. The third-order valence-corrected chi connectivity index (χ3v) is 18.6. The van der Waals surface area contributed by atoms with Gasteiger partial charge in [0.15, 0.2) is 0 Å². The number of hydrogen-bond donors (Lipinski definition) is 0. The van der Waals surface area contributed by atoms with E-state index < -0.39 is 0 Å². The maximum absolute atomic E-state index is 2.57. The second-order valence-corrected chi connectivity index (χ2v) is 24.0. The molecular weight excluding hydrogens is 1010 g/mol. The average molecular weight is 1070 g/mol. The summed E-state index contributed by atoms with van der Waals surface area (Å²) >= 11 is 0. The molecule has 16 rings (SSSR count). The molecule has 2 heteroatoms. The van der Waals surface area contributed by atoms with E-state index in [0.29, 0.717) is 0 Å². The van der Waals surface area contributed by atoms with Gasteiger partial charge in [-0.2, -0.15) is 0 Å². The zero-order valence-corrected chi connectivity index (χ0v) is 47.6. The smallest absolute Gasteiger partial charge is 0.0543 e. The first-order valence-corrected chi connectivity index (χ1v) is 29.5. The van der Waals surface area contributed by atoms with Gasteiger partial charge in [-0.3, -0.25) is 0 Å². The highest BCUT2D eigenvalue weighted by Gasteiger charge is 2.43. The Kier molecular flexibility index (Phi) is 11.3. The standard InChI is InChI=1S/C82H60N2/c1-81(2)74-49-60(83(56-29-8-5-9-30-56)57-31-10-6-11-32-57)44-45-66(74)72-50-76-73(51-75(72)81)80-70-39-19-18-38-67(70)78(52-77(80)82(76,3)4)84(58-33-12-7-13-34-58)59-35-20-28-55(48-59)63-46-47-71(65-41-22-27-54-25-15-17-37-62(54)65)79-68(63)42-23-43-69(79)64-40-21-26-53-24-14-16-36-61(53)64/h5-52H,1-4H3. The van der Waals surface area contributed by atoms with Gasteiger partial charge >= 0.3 is 0 Å². The third-order valence-electron chi connectivity index (χ3n) is 18.6. The average Bonchev–Trinajstić information content (AvgIpc) is 1.84. The molecule has 0 radical (unpaired) electrons. The molecule has 0 aliphatic heterocycles. The lowest BCUT2D eigenvalue weighted by Crippen LogP contribution is -2.18. The first kappa shape index (κ1) is 49.5. The lowest BCUT2D eigenvalue weighted by molar-refractivity contribution is 0.652. The van der Waals surface area contributed by atoms with Gasteiger partial charge in [0.25, 0.3) is 0 Å². The fourth-order valence-electron chi connectivity index (χ4n) is 14.5. The van der Waals surface area contributed by atoms with Crippen LogP contribution in [0.15, 0.2) is 291 Å². The molecule has 2 aliphatic carbocycles. The number of rotatable bonds is 9. The van der Waals surface area contributed by atoms with Crippen LogP contribution in [-0.4, -0.2) is 0 Å². The van der Waals surface area contributed by atoms with Crippen molar-refractivity contribution in [2.45, 2.75) is 38.5 Å². The van der Waals surface area contributed by atoms with Crippen LogP contribution in [0, 0.1) is 0 Å². The monoisotopic (exact) mass is 1070 g/mol. The van der Waals surface area contributed by atoms with Gasteiger partial charge in [-0.25, -0.2) is 0 Å². The fraction of sp³-hybridized carbons (Fsp3) is 0.0732. The van der Waals surface area contributed by atoms with E-state index in [0.717, 1.165) is 39.7 Å². The van der Waals surface area contributed by atoms with Crippen LogP contribution in [0.4, 0.5) is 34.1 Å². The second kappa shape index (κ2) is 19.2. The van der Waals surface area contributed by atoms with E-state index in [1.165, 1.54) is 115 Å². The minimum absolute atomic E-state index is 0.244. The molecular formula is C82H60N2. The molecule has 0 amide bonds. The number of hydrogen-bond acceptors (Lipinski definition) is 2. The summed E-state index contributed by atoms with van der Waals surface area (Å²) in [6, 6.07) is 108. The molecule has 14 aromatic rings. The van der Waals surface area contributed by atoms with Crippen molar-refractivity contribution in [3.05, 3.63) is 313 Å². The molecule has 0 unspecified atom stereocenters. The van der Waals surface area contributed by atoms with Crippen LogP contribution in [0.25, 0.3) is 98.7 Å². The van der Waals surface area contributed by atoms with Gasteiger partial charge in [0.1, 0.15) is 0 Å². The van der Waals surface area contributed by atoms with Crippen molar-refractivity contribution >= 4 is 77.2 Å². The molecule has 398 valence electrons. The maximum Gasteiger partial charge on any atom is 0.0543 e. The molecule has 84 heavy (non-hydrogen) atoms. The summed E-state index contributed by atoms with van der Waals surface area (Å²) in [4.78, 5) is 4.89. The molecule has 2 aliphatic rings. The van der Waals surface area contributed by atoms with Gasteiger partial charge in [0, 0.05) is 44.7 Å². The predicted octanol–water partition coefficient (Wildman–Crippen LogP) is 22.9. The van der Waals surface area contributed by atoms with Gasteiger partial charge in [0.2, 0.25) is 0 Å². The van der Waals surface area contributed by atoms with Gasteiger partial charge in [-0.1, -0.05) is 240 Å². The van der Waals surface area contributed by atoms with Crippen LogP contribution >= 0.6 is 0 Å². The molecule has 0 atom stereocenters. The Morgan fingerprint density at radius 2 is 0.667 bits per heavy atom. The van der Waals surface area contributed by atoms with Crippen LogP contribution in [-0.2, 0) is 10.8 Å². The summed E-state index contributed by atoms with van der Waals surface area (Å²) in [5, 5.41) is 9.91. The molecule has 14 aromatic carbocycles. The Hall–Kier alpha value is -10.3. The van der Waals surface area contributed by atoms with Crippen LogP contribution in [0.5, 0.6) is 0 Å². The highest BCUT2D eigenvalue weighted by molar-refractivity contribution is 6.18. The predicted molar refractivity (Wildman–Crippen MR) is 357 cm³/mol. The molecule has 0 N–H and O–H groups in total. The number of anilines is 6. The lowest BCUT2D eigenvalue weighted by Gasteiger charge is -2.30.